The summed E-state index contributed by atoms with van der Waals surface area (Å²) in [6.07, 6.45) is 3.12. The molecule has 1 fully saturated rings. The Bertz CT molecular complexity index is 1370. The highest BCUT2D eigenvalue weighted by Crippen LogP contribution is 2.23. The summed E-state index contributed by atoms with van der Waals surface area (Å²) in [7, 11) is 0. The van der Waals surface area contributed by atoms with Gasteiger partial charge in [-0.25, -0.2) is 14.4 Å². The number of halogens is 1. The molecule has 7 nitrogen and oxygen atoms in total. The van der Waals surface area contributed by atoms with Gasteiger partial charge >= 0.3 is 0 Å². The number of nitrogens with one attached hydrogen (secondary N) is 1. The van der Waals surface area contributed by atoms with Crippen LogP contribution in [0, 0.1) is 11.7 Å². The first-order valence-electron chi connectivity index (χ1n) is 11.3. The van der Waals surface area contributed by atoms with Gasteiger partial charge in [0.2, 0.25) is 5.91 Å². The lowest BCUT2D eigenvalue weighted by atomic mass is 9.97. The molecule has 0 saturated carbocycles. The van der Waals surface area contributed by atoms with Crippen molar-refractivity contribution in [2.75, 3.05) is 23.3 Å². The summed E-state index contributed by atoms with van der Waals surface area (Å²) in [6, 6.07) is 19.1. The molecule has 1 N–H and O–H groups in total. The largest absolute Gasteiger partial charge is 0.351 e. The van der Waals surface area contributed by atoms with Gasteiger partial charge < -0.3 is 10.2 Å². The van der Waals surface area contributed by atoms with Crippen LogP contribution < -0.4 is 15.8 Å². The highest BCUT2D eigenvalue weighted by molar-refractivity contribution is 5.93. The average molecular weight is 458 g/mol. The van der Waals surface area contributed by atoms with Crippen LogP contribution >= 0.6 is 0 Å². The number of hydrogen-bond acceptors (Lipinski definition) is 5. The highest BCUT2D eigenvalue weighted by Gasteiger charge is 2.29. The fourth-order valence-corrected chi connectivity index (χ4v) is 4.34. The minimum atomic E-state index is -0.356. The van der Waals surface area contributed by atoms with Gasteiger partial charge in [0.25, 0.3) is 5.56 Å². The molecule has 0 aliphatic carbocycles. The fourth-order valence-electron chi connectivity index (χ4n) is 4.34. The second-order valence-corrected chi connectivity index (χ2v) is 8.44. The normalized spacial score (nSPS) is 15.9. The predicted octanol–water partition coefficient (Wildman–Crippen LogP) is 3.83. The van der Waals surface area contributed by atoms with E-state index < -0.39 is 0 Å². The number of rotatable bonds is 5. The van der Waals surface area contributed by atoms with Gasteiger partial charge in [0.05, 0.1) is 12.5 Å². The average Bonchev–Trinajstić information content (AvgIpc) is 2.87. The molecule has 1 aliphatic rings. The summed E-state index contributed by atoms with van der Waals surface area (Å²) < 4.78 is 14.8. The van der Waals surface area contributed by atoms with Crippen LogP contribution in [-0.2, 0) is 11.3 Å². The number of hydrogen-bond donors (Lipinski definition) is 1. The Morgan fingerprint density at radius 3 is 2.65 bits per heavy atom. The maximum Gasteiger partial charge on any atom is 0.295 e. The maximum atomic E-state index is 13.6. The zero-order chi connectivity index (χ0) is 23.5. The van der Waals surface area contributed by atoms with Crippen molar-refractivity contribution in [3.05, 3.63) is 94.7 Å². The monoisotopic (exact) mass is 457 g/mol. The Hall–Kier alpha value is -4.07. The summed E-state index contributed by atoms with van der Waals surface area (Å²) in [4.78, 5) is 37.4. The van der Waals surface area contributed by atoms with Gasteiger partial charge in [-0.15, -0.1) is 0 Å². The molecule has 2 aromatic carbocycles. The van der Waals surface area contributed by atoms with Crippen molar-refractivity contribution in [2.45, 2.75) is 19.4 Å². The summed E-state index contributed by atoms with van der Waals surface area (Å²) in [5.41, 5.74) is 2.47. The lowest BCUT2D eigenvalue weighted by Crippen LogP contribution is -2.44. The molecule has 8 heteroatoms. The van der Waals surface area contributed by atoms with E-state index in [0.29, 0.717) is 48.7 Å². The SMILES string of the molecule is O=C(Nc1ccc(F)cc1)[C@@H]1CCCN(c2nc3cccnc3n(Cc3ccccc3)c2=O)C1. The number of fused-ring (bicyclic) bond motifs is 1. The van der Waals surface area contributed by atoms with Crippen molar-refractivity contribution in [1.82, 2.24) is 14.5 Å². The molecule has 1 aliphatic heterocycles. The minimum Gasteiger partial charge on any atom is -0.351 e. The molecule has 0 spiro atoms. The van der Waals surface area contributed by atoms with Crippen molar-refractivity contribution in [3.8, 4) is 0 Å². The zero-order valence-electron chi connectivity index (χ0n) is 18.5. The first-order valence-corrected chi connectivity index (χ1v) is 11.3. The summed E-state index contributed by atoms with van der Waals surface area (Å²) in [5, 5.41) is 2.85. The second-order valence-electron chi connectivity index (χ2n) is 8.44. The van der Waals surface area contributed by atoms with Gasteiger partial charge in [-0.2, -0.15) is 0 Å². The van der Waals surface area contributed by atoms with E-state index in [1.54, 1.807) is 16.8 Å². The van der Waals surface area contributed by atoms with E-state index in [0.717, 1.165) is 12.0 Å². The van der Waals surface area contributed by atoms with E-state index in [9.17, 15) is 14.0 Å². The van der Waals surface area contributed by atoms with E-state index in [2.05, 4.69) is 15.3 Å². The molecule has 4 aromatic rings. The number of benzene rings is 2. The summed E-state index contributed by atoms with van der Waals surface area (Å²) in [5.74, 6) is -0.489. The standard InChI is InChI=1S/C26H24FN5O2/c27-20-10-12-21(13-11-20)29-25(33)19-8-5-15-31(17-19)24-26(34)32(16-18-6-2-1-3-7-18)23-22(30-24)9-4-14-28-23/h1-4,6-7,9-14,19H,5,8,15-17H2,(H,29,33)/t19-/m1/s1. The van der Waals surface area contributed by atoms with Crippen LogP contribution in [0.15, 0.2) is 77.7 Å². The smallest absolute Gasteiger partial charge is 0.295 e. The Kier molecular flexibility index (Phi) is 6.03. The van der Waals surface area contributed by atoms with Gasteiger partial charge in [0.1, 0.15) is 11.3 Å². The third-order valence-corrected chi connectivity index (χ3v) is 6.07. The number of piperidine rings is 1. The Balaban J connectivity index is 1.44. The molecule has 0 unspecified atom stereocenters. The van der Waals surface area contributed by atoms with Crippen molar-refractivity contribution in [1.29, 1.82) is 0 Å². The molecular weight excluding hydrogens is 433 g/mol. The number of carbonyl (C=O) groups is 1. The number of amides is 1. The molecule has 172 valence electrons. The summed E-state index contributed by atoms with van der Waals surface area (Å²) in [6.45, 7) is 1.40. The number of aromatic nitrogens is 3. The topological polar surface area (TPSA) is 80.1 Å². The fraction of sp³-hybridized carbons (Fsp3) is 0.231. The van der Waals surface area contributed by atoms with Crippen molar-refractivity contribution in [2.24, 2.45) is 5.92 Å². The number of anilines is 2. The molecule has 1 saturated heterocycles. The lowest BCUT2D eigenvalue weighted by Gasteiger charge is -2.32. The Labute approximate surface area is 195 Å². The van der Waals surface area contributed by atoms with E-state index >= 15 is 0 Å². The summed E-state index contributed by atoms with van der Waals surface area (Å²) >= 11 is 0. The Morgan fingerprint density at radius 1 is 1.06 bits per heavy atom. The first kappa shape index (κ1) is 21.8. The van der Waals surface area contributed by atoms with Gasteiger partial charge in [0, 0.05) is 25.0 Å². The zero-order valence-corrected chi connectivity index (χ0v) is 18.5. The van der Waals surface area contributed by atoms with Crippen molar-refractivity contribution in [3.63, 3.8) is 0 Å². The third kappa shape index (κ3) is 4.52. The molecule has 0 radical (unpaired) electrons. The molecule has 3 heterocycles. The molecule has 5 rings (SSSR count). The van der Waals surface area contributed by atoms with Crippen LogP contribution in [0.5, 0.6) is 0 Å². The van der Waals surface area contributed by atoms with Crippen LogP contribution in [0.1, 0.15) is 18.4 Å². The molecule has 1 atom stereocenters. The molecule has 0 bridgehead atoms. The lowest BCUT2D eigenvalue weighted by molar-refractivity contribution is -0.120. The van der Waals surface area contributed by atoms with Crippen molar-refractivity contribution < 1.29 is 9.18 Å². The van der Waals surface area contributed by atoms with Crippen LogP contribution in [0.4, 0.5) is 15.9 Å². The molecule has 1 amide bonds. The predicted molar refractivity (Wildman–Crippen MR) is 129 cm³/mol. The van der Waals surface area contributed by atoms with Gasteiger partial charge in [-0.1, -0.05) is 30.3 Å². The molecule has 34 heavy (non-hydrogen) atoms. The Morgan fingerprint density at radius 2 is 1.85 bits per heavy atom. The number of pyridine rings is 1. The van der Waals surface area contributed by atoms with E-state index in [1.165, 1.54) is 24.3 Å². The van der Waals surface area contributed by atoms with E-state index in [4.69, 9.17) is 0 Å². The van der Waals surface area contributed by atoms with Crippen LogP contribution in [0.25, 0.3) is 11.2 Å². The molecular formula is C26H24FN5O2. The highest BCUT2D eigenvalue weighted by atomic mass is 19.1. The van der Waals surface area contributed by atoms with Crippen molar-refractivity contribution >= 4 is 28.6 Å². The minimum absolute atomic E-state index is 0.150. The quantitative estimate of drug-likeness (QED) is 0.493. The second kappa shape index (κ2) is 9.43. The number of carbonyl (C=O) groups excluding carboxylic acids is 1. The van der Waals surface area contributed by atoms with Gasteiger partial charge in [0.15, 0.2) is 11.5 Å². The van der Waals surface area contributed by atoms with Crippen LogP contribution in [0.2, 0.25) is 0 Å². The van der Waals surface area contributed by atoms with E-state index in [-0.39, 0.29) is 23.2 Å². The van der Waals surface area contributed by atoms with Gasteiger partial charge in [-0.3, -0.25) is 14.2 Å². The first-order chi connectivity index (χ1) is 16.6. The van der Waals surface area contributed by atoms with E-state index in [1.807, 2.05) is 41.3 Å². The maximum absolute atomic E-state index is 13.6. The van der Waals surface area contributed by atoms with Crippen LogP contribution in [0.3, 0.4) is 0 Å². The molecule has 2 aromatic heterocycles. The van der Waals surface area contributed by atoms with Crippen LogP contribution in [-0.4, -0.2) is 33.5 Å². The van der Waals surface area contributed by atoms with Gasteiger partial charge in [-0.05, 0) is 54.8 Å². The number of nitrogens with zero attached hydrogens (tertiary/aromatic N) is 4. The third-order valence-electron chi connectivity index (χ3n) is 6.07.